The highest BCUT2D eigenvalue weighted by Crippen LogP contribution is 2.59. The molecule has 0 bridgehead atoms. The number of ether oxygens (including phenoxy) is 2. The van der Waals surface area contributed by atoms with E-state index in [0.717, 1.165) is 46.7 Å². The summed E-state index contributed by atoms with van der Waals surface area (Å²) in [7, 11) is 3.88. The molecule has 0 amide bonds. The van der Waals surface area contributed by atoms with Crippen molar-refractivity contribution in [1.82, 2.24) is 9.78 Å². The van der Waals surface area contributed by atoms with Gasteiger partial charge in [-0.25, -0.2) is 4.79 Å². The van der Waals surface area contributed by atoms with Crippen molar-refractivity contribution in [3.8, 4) is 17.3 Å². The van der Waals surface area contributed by atoms with Crippen LogP contribution in [0, 0.1) is 6.92 Å². The minimum atomic E-state index is -1.18. The average Bonchev–Trinajstić information content (AvgIpc) is 3.42. The number of carbonyl (C=O) groups is 1. The van der Waals surface area contributed by atoms with Gasteiger partial charge in [0.05, 0.1) is 11.3 Å². The number of aromatic nitrogens is 2. The van der Waals surface area contributed by atoms with Crippen molar-refractivity contribution in [3.63, 3.8) is 0 Å². The van der Waals surface area contributed by atoms with Gasteiger partial charge < -0.3 is 19.3 Å². The maximum absolute atomic E-state index is 13.3. The third-order valence-corrected chi connectivity index (χ3v) is 7.33. The maximum atomic E-state index is 13.3. The van der Waals surface area contributed by atoms with E-state index in [1.165, 1.54) is 0 Å². The van der Waals surface area contributed by atoms with Crippen LogP contribution in [0.3, 0.4) is 0 Å². The molecule has 7 heteroatoms. The second-order valence-corrected chi connectivity index (χ2v) is 9.72. The van der Waals surface area contributed by atoms with Crippen LogP contribution in [0.5, 0.6) is 11.6 Å². The third-order valence-electron chi connectivity index (χ3n) is 7.33. The number of benzene rings is 3. The zero-order valence-electron chi connectivity index (χ0n) is 21.8. The summed E-state index contributed by atoms with van der Waals surface area (Å²) in [5.74, 6) is 1.52. The Bertz CT molecular complexity index is 1520. The Morgan fingerprint density at radius 2 is 1.68 bits per heavy atom. The van der Waals surface area contributed by atoms with Gasteiger partial charge in [0.15, 0.2) is 5.82 Å². The molecule has 1 spiro atoms. The van der Waals surface area contributed by atoms with Crippen LogP contribution >= 0.6 is 0 Å². The lowest BCUT2D eigenvalue weighted by atomic mass is 9.78. The molecule has 4 aromatic rings. The van der Waals surface area contributed by atoms with Gasteiger partial charge in [0.1, 0.15) is 11.3 Å². The Hall–Kier alpha value is -4.26. The van der Waals surface area contributed by atoms with Gasteiger partial charge in [0.2, 0.25) is 11.5 Å². The number of esters is 1. The SMILES string of the molecule is CCN(CC)c1ccc2c(c1)Oc1c(c(N(C)C)nn1-c1ccc(C)cc1)C21OC(=O)c2ccccc21. The largest absolute Gasteiger partial charge is 0.440 e. The first-order chi connectivity index (χ1) is 17.9. The molecule has 2 aliphatic rings. The quantitative estimate of drug-likeness (QED) is 0.334. The summed E-state index contributed by atoms with van der Waals surface area (Å²) in [6, 6.07) is 21.9. The van der Waals surface area contributed by atoms with Crippen molar-refractivity contribution in [2.75, 3.05) is 37.0 Å². The van der Waals surface area contributed by atoms with Gasteiger partial charge in [-0.15, -0.1) is 5.10 Å². The molecule has 6 rings (SSSR count). The number of nitrogens with zero attached hydrogens (tertiary/aromatic N) is 4. The monoisotopic (exact) mass is 494 g/mol. The van der Waals surface area contributed by atoms with E-state index in [1.807, 2.05) is 72.2 Å². The number of hydrogen-bond acceptors (Lipinski definition) is 6. The smallest absolute Gasteiger partial charge is 0.340 e. The van der Waals surface area contributed by atoms with Crippen LogP contribution in [-0.4, -0.2) is 42.9 Å². The zero-order chi connectivity index (χ0) is 25.9. The molecule has 0 fully saturated rings. The van der Waals surface area contributed by atoms with Crippen molar-refractivity contribution < 1.29 is 14.3 Å². The Labute approximate surface area is 216 Å². The number of anilines is 2. The van der Waals surface area contributed by atoms with Crippen molar-refractivity contribution in [2.45, 2.75) is 26.4 Å². The van der Waals surface area contributed by atoms with Gasteiger partial charge in [-0.2, -0.15) is 4.68 Å². The van der Waals surface area contributed by atoms with Crippen molar-refractivity contribution in [3.05, 3.63) is 94.5 Å². The van der Waals surface area contributed by atoms with E-state index in [0.29, 0.717) is 23.0 Å². The van der Waals surface area contributed by atoms with Gasteiger partial charge in [-0.05, 0) is 51.1 Å². The van der Waals surface area contributed by atoms with Crippen LogP contribution in [0.25, 0.3) is 5.69 Å². The molecular formula is C30H30N4O3. The van der Waals surface area contributed by atoms with Gasteiger partial charge >= 0.3 is 5.97 Å². The summed E-state index contributed by atoms with van der Waals surface area (Å²) in [5, 5.41) is 5.00. The number of hydrogen-bond donors (Lipinski definition) is 0. The molecule has 0 radical (unpaired) electrons. The normalized spacial score (nSPS) is 17.1. The van der Waals surface area contributed by atoms with E-state index in [4.69, 9.17) is 14.6 Å². The summed E-state index contributed by atoms with van der Waals surface area (Å²) in [6.07, 6.45) is 0. The lowest BCUT2D eigenvalue weighted by Crippen LogP contribution is -2.34. The Kier molecular flexibility index (Phi) is 5.26. The predicted molar refractivity (Wildman–Crippen MR) is 144 cm³/mol. The topological polar surface area (TPSA) is 59.8 Å². The molecule has 1 aromatic heterocycles. The molecule has 188 valence electrons. The molecule has 2 aliphatic heterocycles. The standard InChI is InChI=1S/C30H30N4O3/c1-6-33(7-2)21-16-17-24-25(18-21)36-28-26(30(24)23-11-9-8-10-22(23)29(35)37-30)27(32(4)5)31-34(28)20-14-12-19(3)13-15-20/h8-18H,6-7H2,1-5H3. The summed E-state index contributed by atoms with van der Waals surface area (Å²) in [5.41, 5.74) is 4.76. The molecule has 37 heavy (non-hydrogen) atoms. The number of fused-ring (bicyclic) bond motifs is 6. The number of aryl methyl sites for hydroxylation is 1. The second kappa shape index (κ2) is 8.40. The van der Waals surface area contributed by atoms with Crippen LogP contribution in [0.1, 0.15) is 46.5 Å². The first-order valence-corrected chi connectivity index (χ1v) is 12.7. The van der Waals surface area contributed by atoms with E-state index >= 15 is 0 Å². The predicted octanol–water partition coefficient (Wildman–Crippen LogP) is 5.66. The summed E-state index contributed by atoms with van der Waals surface area (Å²) >= 11 is 0. The van der Waals surface area contributed by atoms with Crippen LogP contribution in [0.4, 0.5) is 11.5 Å². The third kappa shape index (κ3) is 3.26. The second-order valence-electron chi connectivity index (χ2n) is 9.72. The first-order valence-electron chi connectivity index (χ1n) is 12.7. The highest BCUT2D eigenvalue weighted by molar-refractivity contribution is 5.97. The van der Waals surface area contributed by atoms with E-state index in [1.54, 1.807) is 0 Å². The van der Waals surface area contributed by atoms with Crippen molar-refractivity contribution >= 4 is 17.5 Å². The Balaban J connectivity index is 1.69. The fraction of sp³-hybridized carbons (Fsp3) is 0.267. The number of rotatable bonds is 5. The molecule has 0 saturated heterocycles. The van der Waals surface area contributed by atoms with E-state index in [-0.39, 0.29) is 5.97 Å². The molecule has 1 atom stereocenters. The highest BCUT2D eigenvalue weighted by atomic mass is 16.6. The maximum Gasteiger partial charge on any atom is 0.340 e. The van der Waals surface area contributed by atoms with E-state index in [2.05, 4.69) is 43.9 Å². The fourth-order valence-corrected chi connectivity index (χ4v) is 5.48. The van der Waals surface area contributed by atoms with Gasteiger partial charge in [-0.1, -0.05) is 35.9 Å². The molecule has 7 nitrogen and oxygen atoms in total. The molecule has 1 unspecified atom stereocenters. The summed E-state index contributed by atoms with van der Waals surface area (Å²) in [4.78, 5) is 17.5. The lowest BCUT2D eigenvalue weighted by Gasteiger charge is -2.36. The fourth-order valence-electron chi connectivity index (χ4n) is 5.48. The summed E-state index contributed by atoms with van der Waals surface area (Å²) < 4.78 is 14.9. The molecule has 3 aromatic carbocycles. The van der Waals surface area contributed by atoms with Crippen molar-refractivity contribution in [1.29, 1.82) is 0 Å². The molecule has 3 heterocycles. The minimum Gasteiger partial charge on any atom is -0.440 e. The van der Waals surface area contributed by atoms with E-state index in [9.17, 15) is 4.79 Å². The van der Waals surface area contributed by atoms with E-state index < -0.39 is 5.60 Å². The molecule has 0 aliphatic carbocycles. The molecule has 0 N–H and O–H groups in total. The lowest BCUT2D eigenvalue weighted by molar-refractivity contribution is 0.0225. The highest BCUT2D eigenvalue weighted by Gasteiger charge is 2.57. The Morgan fingerprint density at radius 1 is 0.946 bits per heavy atom. The average molecular weight is 495 g/mol. The van der Waals surface area contributed by atoms with Crippen LogP contribution < -0.4 is 14.5 Å². The Morgan fingerprint density at radius 3 is 2.38 bits per heavy atom. The zero-order valence-corrected chi connectivity index (χ0v) is 21.8. The summed E-state index contributed by atoms with van der Waals surface area (Å²) in [6.45, 7) is 8.06. The van der Waals surface area contributed by atoms with Crippen LogP contribution in [0.15, 0.2) is 66.7 Å². The van der Waals surface area contributed by atoms with Gasteiger partial charge in [0.25, 0.3) is 0 Å². The first kappa shape index (κ1) is 23.2. The van der Waals surface area contributed by atoms with Gasteiger partial charge in [0, 0.05) is 50.1 Å². The van der Waals surface area contributed by atoms with Crippen molar-refractivity contribution in [2.24, 2.45) is 0 Å². The molecule has 0 saturated carbocycles. The number of carbonyl (C=O) groups excluding carboxylic acids is 1. The minimum absolute atomic E-state index is 0.352. The van der Waals surface area contributed by atoms with Gasteiger partial charge in [-0.3, -0.25) is 0 Å². The van der Waals surface area contributed by atoms with Crippen LogP contribution in [-0.2, 0) is 10.3 Å². The molecular weight excluding hydrogens is 464 g/mol. The van der Waals surface area contributed by atoms with Crippen LogP contribution in [0.2, 0.25) is 0 Å².